The van der Waals surface area contributed by atoms with Crippen molar-refractivity contribution in [2.75, 3.05) is 20.3 Å². The Morgan fingerprint density at radius 3 is 2.46 bits per heavy atom. The van der Waals surface area contributed by atoms with E-state index in [1.54, 1.807) is 19.3 Å². The molecule has 0 fully saturated rings. The standard InChI is InChI=1S/C23H27NO4/c1-16(2)23(18-8-11-20-21(15-18)28-14-4-13-27-20)24-22(25)12-7-17-5-9-19(26-3)10-6-17/h5-12,15-16,23H,4,13-14H2,1-3H3,(H,24,25)/b12-7+. The minimum absolute atomic E-state index is 0.120. The lowest BCUT2D eigenvalue weighted by atomic mass is 9.95. The molecule has 1 atom stereocenters. The largest absolute Gasteiger partial charge is 0.497 e. The minimum Gasteiger partial charge on any atom is -0.497 e. The molecule has 0 bridgehead atoms. The number of amides is 1. The highest BCUT2D eigenvalue weighted by atomic mass is 16.5. The van der Waals surface area contributed by atoms with Gasteiger partial charge in [0.25, 0.3) is 0 Å². The molecule has 0 spiro atoms. The Morgan fingerprint density at radius 1 is 1.07 bits per heavy atom. The monoisotopic (exact) mass is 381 g/mol. The highest BCUT2D eigenvalue weighted by molar-refractivity contribution is 5.92. The predicted molar refractivity (Wildman–Crippen MR) is 110 cm³/mol. The lowest BCUT2D eigenvalue weighted by Gasteiger charge is -2.23. The number of carbonyl (C=O) groups is 1. The summed E-state index contributed by atoms with van der Waals surface area (Å²) in [5.41, 5.74) is 1.94. The summed E-state index contributed by atoms with van der Waals surface area (Å²) in [6.45, 7) is 5.47. The van der Waals surface area contributed by atoms with Crippen molar-refractivity contribution < 1.29 is 19.0 Å². The van der Waals surface area contributed by atoms with E-state index in [-0.39, 0.29) is 17.9 Å². The van der Waals surface area contributed by atoms with Gasteiger partial charge >= 0.3 is 0 Å². The van der Waals surface area contributed by atoms with Crippen LogP contribution in [0.4, 0.5) is 0 Å². The van der Waals surface area contributed by atoms with Crippen molar-refractivity contribution in [3.8, 4) is 17.2 Å². The molecule has 2 aromatic rings. The topological polar surface area (TPSA) is 56.8 Å². The highest BCUT2D eigenvalue weighted by Crippen LogP contribution is 2.34. The van der Waals surface area contributed by atoms with Crippen molar-refractivity contribution in [3.05, 3.63) is 59.7 Å². The summed E-state index contributed by atoms with van der Waals surface area (Å²) in [5, 5.41) is 3.10. The number of hydrogen-bond donors (Lipinski definition) is 1. The lowest BCUT2D eigenvalue weighted by Crippen LogP contribution is -2.30. The van der Waals surface area contributed by atoms with Crippen LogP contribution in [-0.4, -0.2) is 26.2 Å². The first-order valence-electron chi connectivity index (χ1n) is 9.59. The zero-order valence-electron chi connectivity index (χ0n) is 16.6. The van der Waals surface area contributed by atoms with Gasteiger partial charge in [-0.1, -0.05) is 32.0 Å². The summed E-state index contributed by atoms with van der Waals surface area (Å²) in [6, 6.07) is 13.3. The van der Waals surface area contributed by atoms with Gasteiger partial charge < -0.3 is 19.5 Å². The average Bonchev–Trinajstić information content (AvgIpc) is 2.95. The van der Waals surface area contributed by atoms with Crippen LogP contribution in [0.2, 0.25) is 0 Å². The second-order valence-corrected chi connectivity index (χ2v) is 7.09. The molecule has 0 saturated carbocycles. The normalized spacial score (nSPS) is 14.6. The molecule has 28 heavy (non-hydrogen) atoms. The van der Waals surface area contributed by atoms with Gasteiger partial charge in [-0.05, 0) is 47.4 Å². The molecular formula is C23H27NO4. The van der Waals surface area contributed by atoms with Crippen LogP contribution in [0.1, 0.15) is 37.4 Å². The van der Waals surface area contributed by atoms with Crippen LogP contribution >= 0.6 is 0 Å². The highest BCUT2D eigenvalue weighted by Gasteiger charge is 2.20. The van der Waals surface area contributed by atoms with Crippen molar-refractivity contribution >= 4 is 12.0 Å². The Kier molecular flexibility index (Phi) is 6.58. The first-order valence-corrected chi connectivity index (χ1v) is 9.59. The number of methoxy groups -OCH3 is 1. The Bertz CT molecular complexity index is 827. The maximum Gasteiger partial charge on any atom is 0.244 e. The summed E-state index contributed by atoms with van der Waals surface area (Å²) in [6.07, 6.45) is 4.21. The van der Waals surface area contributed by atoms with E-state index < -0.39 is 0 Å². The summed E-state index contributed by atoms with van der Waals surface area (Å²) < 4.78 is 16.6. The maximum atomic E-state index is 12.5. The fraction of sp³-hybridized carbons (Fsp3) is 0.348. The molecule has 2 aromatic carbocycles. The average molecular weight is 381 g/mol. The van der Waals surface area contributed by atoms with E-state index in [1.807, 2.05) is 42.5 Å². The van der Waals surface area contributed by atoms with Gasteiger partial charge in [-0.25, -0.2) is 0 Å². The zero-order chi connectivity index (χ0) is 19.9. The number of ether oxygens (including phenoxy) is 3. The number of hydrogen-bond acceptors (Lipinski definition) is 4. The maximum absolute atomic E-state index is 12.5. The summed E-state index contributed by atoms with van der Waals surface area (Å²) >= 11 is 0. The second-order valence-electron chi connectivity index (χ2n) is 7.09. The fourth-order valence-corrected chi connectivity index (χ4v) is 3.10. The molecule has 1 aliphatic heterocycles. The molecule has 0 saturated heterocycles. The molecule has 1 heterocycles. The molecule has 1 N–H and O–H groups in total. The third kappa shape index (κ3) is 5.06. The fourth-order valence-electron chi connectivity index (χ4n) is 3.10. The molecule has 0 aliphatic carbocycles. The van der Waals surface area contributed by atoms with E-state index in [1.165, 1.54) is 0 Å². The van der Waals surface area contributed by atoms with Gasteiger partial charge in [-0.15, -0.1) is 0 Å². The minimum atomic E-state index is -0.137. The van der Waals surface area contributed by atoms with Gasteiger partial charge in [0, 0.05) is 12.5 Å². The molecule has 5 heteroatoms. The zero-order valence-corrected chi connectivity index (χ0v) is 16.6. The lowest BCUT2D eigenvalue weighted by molar-refractivity contribution is -0.117. The molecule has 1 aliphatic rings. The Balaban J connectivity index is 1.71. The molecule has 1 amide bonds. The number of nitrogens with one attached hydrogen (secondary N) is 1. The van der Waals surface area contributed by atoms with Crippen molar-refractivity contribution in [2.24, 2.45) is 5.92 Å². The van der Waals surface area contributed by atoms with Crippen molar-refractivity contribution in [1.29, 1.82) is 0 Å². The quantitative estimate of drug-likeness (QED) is 0.755. The smallest absolute Gasteiger partial charge is 0.244 e. The van der Waals surface area contributed by atoms with Crippen molar-refractivity contribution in [3.63, 3.8) is 0 Å². The SMILES string of the molecule is COc1ccc(/C=C/C(=O)NC(c2ccc3c(c2)OCCCO3)C(C)C)cc1. The molecule has 148 valence electrons. The van der Waals surface area contributed by atoms with E-state index >= 15 is 0 Å². The number of rotatable bonds is 6. The van der Waals surface area contributed by atoms with E-state index in [0.717, 1.165) is 34.8 Å². The third-order valence-electron chi connectivity index (χ3n) is 4.64. The second kappa shape index (κ2) is 9.31. The van der Waals surface area contributed by atoms with Crippen LogP contribution in [-0.2, 0) is 4.79 Å². The van der Waals surface area contributed by atoms with E-state index in [2.05, 4.69) is 19.2 Å². The molecule has 0 radical (unpaired) electrons. The van der Waals surface area contributed by atoms with Gasteiger partial charge in [0.1, 0.15) is 5.75 Å². The molecule has 5 nitrogen and oxygen atoms in total. The van der Waals surface area contributed by atoms with Crippen LogP contribution in [0.15, 0.2) is 48.5 Å². The van der Waals surface area contributed by atoms with E-state index in [9.17, 15) is 4.79 Å². The van der Waals surface area contributed by atoms with Crippen LogP contribution in [0, 0.1) is 5.92 Å². The van der Waals surface area contributed by atoms with Crippen molar-refractivity contribution in [2.45, 2.75) is 26.3 Å². The van der Waals surface area contributed by atoms with Crippen molar-refractivity contribution in [1.82, 2.24) is 5.32 Å². The number of benzene rings is 2. The Morgan fingerprint density at radius 2 is 1.79 bits per heavy atom. The van der Waals surface area contributed by atoms with Crippen LogP contribution in [0.5, 0.6) is 17.2 Å². The summed E-state index contributed by atoms with van der Waals surface area (Å²) in [5.74, 6) is 2.37. The van der Waals surface area contributed by atoms with Gasteiger partial charge in [0.05, 0.1) is 26.4 Å². The van der Waals surface area contributed by atoms with Gasteiger partial charge in [0.2, 0.25) is 5.91 Å². The van der Waals surface area contributed by atoms with Crippen LogP contribution in [0.25, 0.3) is 6.08 Å². The van der Waals surface area contributed by atoms with Gasteiger partial charge in [0.15, 0.2) is 11.5 Å². The number of carbonyl (C=O) groups excluding carboxylic acids is 1. The summed E-state index contributed by atoms with van der Waals surface area (Å²) in [7, 11) is 1.63. The molecular weight excluding hydrogens is 354 g/mol. The van der Waals surface area contributed by atoms with Gasteiger partial charge in [-0.3, -0.25) is 4.79 Å². The Labute approximate surface area is 166 Å². The van der Waals surface area contributed by atoms with E-state index in [4.69, 9.17) is 14.2 Å². The van der Waals surface area contributed by atoms with Crippen LogP contribution in [0.3, 0.4) is 0 Å². The number of fused-ring (bicyclic) bond motifs is 1. The first-order chi connectivity index (χ1) is 13.6. The Hall–Kier alpha value is -2.95. The molecule has 0 aromatic heterocycles. The van der Waals surface area contributed by atoms with Crippen LogP contribution < -0.4 is 19.5 Å². The van der Waals surface area contributed by atoms with Gasteiger partial charge in [-0.2, -0.15) is 0 Å². The first kappa shape index (κ1) is 19.8. The molecule has 1 unspecified atom stereocenters. The molecule has 3 rings (SSSR count). The predicted octanol–water partition coefficient (Wildman–Crippen LogP) is 4.38. The summed E-state index contributed by atoms with van der Waals surface area (Å²) in [4.78, 5) is 12.5. The third-order valence-corrected chi connectivity index (χ3v) is 4.64. The van der Waals surface area contributed by atoms with E-state index in [0.29, 0.717) is 13.2 Å².